The molecular weight excluding hydrogens is 537 g/mol. The second kappa shape index (κ2) is 10.3. The number of fused-ring (bicyclic) bond motifs is 1. The van der Waals surface area contributed by atoms with Gasteiger partial charge in [0.2, 0.25) is 5.72 Å². The third-order valence-corrected chi connectivity index (χ3v) is 7.80. The molecule has 0 radical (unpaired) electrons. The molecule has 4 heterocycles. The number of amides is 1. The number of halogens is 3. The van der Waals surface area contributed by atoms with E-state index in [1.54, 1.807) is 26.0 Å². The number of carbonyl (C=O) groups excluding carboxylic acids is 1. The fourth-order valence-electron chi connectivity index (χ4n) is 5.37. The van der Waals surface area contributed by atoms with Gasteiger partial charge in [-0.3, -0.25) is 14.5 Å². The predicted octanol–water partition coefficient (Wildman–Crippen LogP) is 5.00. The van der Waals surface area contributed by atoms with Gasteiger partial charge < -0.3 is 25.4 Å². The number of carbonyl (C=O) groups is 1. The van der Waals surface area contributed by atoms with E-state index in [9.17, 15) is 23.1 Å². The number of pyridine rings is 1. The first kappa shape index (κ1) is 28.9. The Balaban J connectivity index is 1.36. The summed E-state index contributed by atoms with van der Waals surface area (Å²) in [4.78, 5) is 19.1. The quantitative estimate of drug-likeness (QED) is 0.382. The van der Waals surface area contributed by atoms with Crippen LogP contribution in [-0.4, -0.2) is 49.8 Å². The summed E-state index contributed by atoms with van der Waals surface area (Å²) < 4.78 is 47.2. The van der Waals surface area contributed by atoms with Gasteiger partial charge in [-0.15, -0.1) is 0 Å². The van der Waals surface area contributed by atoms with Crippen molar-refractivity contribution in [1.29, 1.82) is 0 Å². The largest absolute Gasteiger partial charge is 0.469 e. The van der Waals surface area contributed by atoms with Crippen LogP contribution in [0.25, 0.3) is 10.9 Å². The molecule has 12 heteroatoms. The number of piperidine rings is 1. The zero-order valence-electron chi connectivity index (χ0n) is 23.7. The SMILES string of the molecule is CC(C)N1CCC(n2cc3cc(NC(=O)C4=COC(C)(c5ccnc(C(F)(F)F)c5)N4)c(C(C)(C)O)cc3n2)CC1. The number of nitrogens with one attached hydrogen (secondary N) is 2. The summed E-state index contributed by atoms with van der Waals surface area (Å²) in [6.07, 6.45) is 1.52. The van der Waals surface area contributed by atoms with Gasteiger partial charge in [0.25, 0.3) is 5.91 Å². The lowest BCUT2D eigenvalue weighted by Crippen LogP contribution is -2.39. The lowest BCUT2D eigenvalue weighted by Gasteiger charge is -2.34. The minimum Gasteiger partial charge on any atom is -0.469 e. The molecule has 1 atom stereocenters. The number of ether oxygens (including phenoxy) is 1. The van der Waals surface area contributed by atoms with Crippen LogP contribution in [0.15, 0.2) is 48.6 Å². The number of aliphatic hydroxyl groups is 1. The van der Waals surface area contributed by atoms with Gasteiger partial charge in [0.05, 0.1) is 17.2 Å². The molecule has 3 aromatic rings. The molecule has 0 aliphatic carbocycles. The number of likely N-dealkylation sites (tertiary alicyclic amines) is 1. The second-order valence-corrected chi connectivity index (χ2v) is 11.7. The molecule has 1 saturated heterocycles. The first-order valence-corrected chi connectivity index (χ1v) is 13.6. The van der Waals surface area contributed by atoms with Crippen molar-refractivity contribution in [2.75, 3.05) is 18.4 Å². The molecule has 0 spiro atoms. The van der Waals surface area contributed by atoms with Crippen molar-refractivity contribution in [3.05, 3.63) is 65.4 Å². The van der Waals surface area contributed by atoms with E-state index in [0.717, 1.165) is 43.6 Å². The van der Waals surface area contributed by atoms with Crippen molar-refractivity contribution in [3.8, 4) is 0 Å². The molecule has 2 aliphatic heterocycles. The number of rotatable bonds is 6. The Bertz CT molecular complexity index is 1490. The fraction of sp³-hybridized carbons (Fsp3) is 0.483. The Morgan fingerprint density at radius 2 is 1.93 bits per heavy atom. The van der Waals surface area contributed by atoms with E-state index in [4.69, 9.17) is 9.84 Å². The first-order chi connectivity index (χ1) is 19.1. The predicted molar refractivity (Wildman–Crippen MR) is 147 cm³/mol. The highest BCUT2D eigenvalue weighted by atomic mass is 19.4. The van der Waals surface area contributed by atoms with Crippen LogP contribution in [0.1, 0.15) is 70.3 Å². The van der Waals surface area contributed by atoms with Crippen LogP contribution in [0.3, 0.4) is 0 Å². The zero-order chi connectivity index (χ0) is 29.7. The maximum Gasteiger partial charge on any atom is 0.433 e. The summed E-state index contributed by atoms with van der Waals surface area (Å²) in [7, 11) is 0. The van der Waals surface area contributed by atoms with Gasteiger partial charge in [0.1, 0.15) is 17.7 Å². The molecule has 3 N–H and O–H groups in total. The molecule has 41 heavy (non-hydrogen) atoms. The van der Waals surface area contributed by atoms with Crippen LogP contribution >= 0.6 is 0 Å². The molecule has 0 bridgehead atoms. The Morgan fingerprint density at radius 3 is 2.56 bits per heavy atom. The Labute approximate surface area is 236 Å². The van der Waals surface area contributed by atoms with Crippen LogP contribution in [0.5, 0.6) is 0 Å². The highest BCUT2D eigenvalue weighted by molar-refractivity contribution is 6.05. The normalized spacial score (nSPS) is 20.7. The first-order valence-electron chi connectivity index (χ1n) is 13.6. The summed E-state index contributed by atoms with van der Waals surface area (Å²) in [5.41, 5.74) is -2.02. The molecule has 2 aliphatic rings. The van der Waals surface area contributed by atoms with Gasteiger partial charge in [0.15, 0.2) is 0 Å². The Hall–Kier alpha value is -3.64. The topological polar surface area (TPSA) is 105 Å². The molecule has 1 fully saturated rings. The van der Waals surface area contributed by atoms with Crippen LogP contribution in [0.4, 0.5) is 18.9 Å². The molecule has 0 saturated carbocycles. The number of aromatic nitrogens is 3. The summed E-state index contributed by atoms with van der Waals surface area (Å²) in [6, 6.07) is 6.59. The number of hydrogen-bond acceptors (Lipinski definition) is 7. The molecule has 220 valence electrons. The third kappa shape index (κ3) is 5.89. The van der Waals surface area contributed by atoms with Crippen molar-refractivity contribution in [1.82, 2.24) is 25.0 Å². The third-order valence-electron chi connectivity index (χ3n) is 7.80. The summed E-state index contributed by atoms with van der Waals surface area (Å²) >= 11 is 0. The van der Waals surface area contributed by atoms with E-state index >= 15 is 0 Å². The number of nitrogens with zero attached hydrogens (tertiary/aromatic N) is 4. The highest BCUT2D eigenvalue weighted by Crippen LogP contribution is 2.36. The monoisotopic (exact) mass is 572 g/mol. The van der Waals surface area contributed by atoms with Crippen molar-refractivity contribution < 1.29 is 27.8 Å². The van der Waals surface area contributed by atoms with E-state index in [2.05, 4.69) is 34.4 Å². The number of benzene rings is 1. The molecular formula is C29H35F3N6O3. The van der Waals surface area contributed by atoms with Crippen LogP contribution in [-0.2, 0) is 27.0 Å². The van der Waals surface area contributed by atoms with E-state index < -0.39 is 29.1 Å². The number of anilines is 1. The standard InChI is InChI=1S/C29H35F3N6O3/c1-17(2)37-10-7-20(8-11-37)38-15-18-12-23(21(27(3,4)40)14-22(18)36-38)34-26(39)24-16-41-28(5,35-24)19-6-9-33-25(13-19)29(30,31)32/h6,9,12-17,20,35,40H,7-8,10-11H2,1-5H3,(H,34,39). The van der Waals surface area contributed by atoms with Gasteiger partial charge >= 0.3 is 6.18 Å². The van der Waals surface area contributed by atoms with Crippen LogP contribution < -0.4 is 10.6 Å². The van der Waals surface area contributed by atoms with Crippen molar-refractivity contribution in [2.24, 2.45) is 0 Å². The van der Waals surface area contributed by atoms with Crippen LogP contribution in [0, 0.1) is 0 Å². The molecule has 9 nitrogen and oxygen atoms in total. The Morgan fingerprint density at radius 1 is 1.22 bits per heavy atom. The minimum atomic E-state index is -4.62. The average molecular weight is 573 g/mol. The number of alkyl halides is 3. The second-order valence-electron chi connectivity index (χ2n) is 11.7. The summed E-state index contributed by atoms with van der Waals surface area (Å²) in [6.45, 7) is 11.2. The molecule has 1 unspecified atom stereocenters. The van der Waals surface area contributed by atoms with Crippen molar-refractivity contribution in [2.45, 2.75) is 77.0 Å². The smallest absolute Gasteiger partial charge is 0.433 e. The average Bonchev–Trinajstić information content (AvgIpc) is 3.51. The van der Waals surface area contributed by atoms with Crippen molar-refractivity contribution in [3.63, 3.8) is 0 Å². The molecule has 1 amide bonds. The maximum atomic E-state index is 13.3. The lowest BCUT2D eigenvalue weighted by molar-refractivity contribution is -0.141. The van der Waals surface area contributed by atoms with Gasteiger partial charge in [-0.1, -0.05) is 0 Å². The van der Waals surface area contributed by atoms with E-state index in [0.29, 0.717) is 22.8 Å². The number of hydrogen-bond donors (Lipinski definition) is 3. The molecule has 2 aromatic heterocycles. The van der Waals surface area contributed by atoms with Gasteiger partial charge in [-0.2, -0.15) is 18.3 Å². The molecule has 5 rings (SSSR count). The molecule has 1 aromatic carbocycles. The van der Waals surface area contributed by atoms with E-state index in [1.807, 2.05) is 10.9 Å². The van der Waals surface area contributed by atoms with E-state index in [-0.39, 0.29) is 17.3 Å². The summed E-state index contributed by atoms with van der Waals surface area (Å²) in [5.74, 6) is -0.572. The van der Waals surface area contributed by atoms with Gasteiger partial charge in [-0.25, -0.2) is 0 Å². The minimum absolute atomic E-state index is 0.0206. The maximum absolute atomic E-state index is 13.3. The van der Waals surface area contributed by atoms with Gasteiger partial charge in [0, 0.05) is 53.7 Å². The zero-order valence-corrected chi connectivity index (χ0v) is 23.7. The van der Waals surface area contributed by atoms with Gasteiger partial charge in [-0.05, 0) is 71.7 Å². The fourth-order valence-corrected chi connectivity index (χ4v) is 5.37. The van der Waals surface area contributed by atoms with Crippen LogP contribution in [0.2, 0.25) is 0 Å². The van der Waals surface area contributed by atoms with E-state index in [1.165, 1.54) is 19.3 Å². The lowest BCUT2D eigenvalue weighted by atomic mass is 9.95. The summed E-state index contributed by atoms with van der Waals surface area (Å²) in [5, 5.41) is 22.3. The highest BCUT2D eigenvalue weighted by Gasteiger charge is 2.39. The Kier molecular flexibility index (Phi) is 7.27. The van der Waals surface area contributed by atoms with Crippen molar-refractivity contribution >= 4 is 22.5 Å².